The van der Waals surface area contributed by atoms with Gasteiger partial charge >= 0.3 is 6.18 Å². The topological polar surface area (TPSA) is 29.3 Å². The summed E-state index contributed by atoms with van der Waals surface area (Å²) in [5, 5.41) is 0. The number of hydrogen-bond acceptors (Lipinski definition) is 2. The van der Waals surface area contributed by atoms with E-state index in [0.717, 1.165) is 32.2 Å². The van der Waals surface area contributed by atoms with Gasteiger partial charge in [-0.3, -0.25) is 4.90 Å². The zero-order chi connectivity index (χ0) is 15.5. The Bertz CT molecular complexity index is 332. The number of halogens is 3. The van der Waals surface area contributed by atoms with Crippen LogP contribution in [-0.2, 0) is 0 Å². The van der Waals surface area contributed by atoms with Crippen molar-refractivity contribution in [2.75, 3.05) is 13.1 Å². The van der Waals surface area contributed by atoms with Crippen molar-refractivity contribution in [3.63, 3.8) is 0 Å². The predicted molar refractivity (Wildman–Crippen MR) is 79.1 cm³/mol. The summed E-state index contributed by atoms with van der Waals surface area (Å²) in [4.78, 5) is 2.37. The second kappa shape index (κ2) is 6.86. The van der Waals surface area contributed by atoms with Gasteiger partial charge in [0.25, 0.3) is 0 Å². The van der Waals surface area contributed by atoms with Crippen molar-refractivity contribution in [1.82, 2.24) is 4.90 Å². The van der Waals surface area contributed by atoms with Crippen molar-refractivity contribution < 1.29 is 13.2 Å². The molecule has 2 nitrogen and oxygen atoms in total. The Kier molecular flexibility index (Phi) is 5.58. The first-order chi connectivity index (χ1) is 9.93. The Morgan fingerprint density at radius 1 is 1.14 bits per heavy atom. The Hall–Kier alpha value is -0.290. The number of nitrogens with two attached hydrogens (primary N) is 1. The van der Waals surface area contributed by atoms with Crippen LogP contribution in [0.2, 0.25) is 0 Å². The van der Waals surface area contributed by atoms with Crippen LogP contribution in [0.1, 0.15) is 64.7 Å². The lowest BCUT2D eigenvalue weighted by Gasteiger charge is -2.51. The molecule has 0 radical (unpaired) electrons. The van der Waals surface area contributed by atoms with E-state index in [2.05, 4.69) is 11.8 Å². The van der Waals surface area contributed by atoms with Crippen LogP contribution in [0, 0.1) is 5.92 Å². The second-order valence-electron chi connectivity index (χ2n) is 6.87. The molecular formula is C16H29F3N2. The van der Waals surface area contributed by atoms with Gasteiger partial charge in [0.05, 0.1) is 5.92 Å². The van der Waals surface area contributed by atoms with Crippen LogP contribution in [0.15, 0.2) is 0 Å². The molecule has 1 aliphatic carbocycles. The first-order valence-corrected chi connectivity index (χ1v) is 8.46. The highest BCUT2D eigenvalue weighted by atomic mass is 19.4. The lowest BCUT2D eigenvalue weighted by atomic mass is 9.73. The van der Waals surface area contributed by atoms with Gasteiger partial charge in [-0.25, -0.2) is 0 Å². The summed E-state index contributed by atoms with van der Waals surface area (Å²) < 4.78 is 39.6. The monoisotopic (exact) mass is 306 g/mol. The minimum Gasteiger partial charge on any atom is -0.329 e. The third kappa shape index (κ3) is 3.73. The summed E-state index contributed by atoms with van der Waals surface area (Å²) in [6, 6.07) is 0.406. The number of rotatable bonds is 3. The fourth-order valence-corrected chi connectivity index (χ4v) is 4.41. The van der Waals surface area contributed by atoms with Crippen molar-refractivity contribution in [3.8, 4) is 0 Å². The van der Waals surface area contributed by atoms with Crippen LogP contribution in [-0.4, -0.2) is 35.7 Å². The molecule has 2 aliphatic rings. The largest absolute Gasteiger partial charge is 0.391 e. The van der Waals surface area contributed by atoms with E-state index < -0.39 is 17.6 Å². The van der Waals surface area contributed by atoms with E-state index in [0.29, 0.717) is 19.0 Å². The van der Waals surface area contributed by atoms with E-state index >= 15 is 0 Å². The van der Waals surface area contributed by atoms with E-state index in [4.69, 9.17) is 5.73 Å². The van der Waals surface area contributed by atoms with Gasteiger partial charge < -0.3 is 5.73 Å². The van der Waals surface area contributed by atoms with Crippen LogP contribution in [0.4, 0.5) is 13.2 Å². The standard InChI is InChI=1S/C16H29F3N2/c1-2-14-8-4-3-5-10-21(14)15(12-20)9-6-7-13(11-15)16(17,18)19/h13-14H,2-12,20H2,1H3. The smallest absolute Gasteiger partial charge is 0.329 e. The fourth-order valence-electron chi connectivity index (χ4n) is 4.41. The fraction of sp³-hybridized carbons (Fsp3) is 1.00. The maximum absolute atomic E-state index is 13.2. The summed E-state index contributed by atoms with van der Waals surface area (Å²) in [5.41, 5.74) is 5.61. The van der Waals surface area contributed by atoms with Gasteiger partial charge in [-0.05, 0) is 45.1 Å². The average molecular weight is 306 g/mol. The van der Waals surface area contributed by atoms with E-state index in [1.54, 1.807) is 0 Å². The maximum atomic E-state index is 13.2. The molecule has 1 heterocycles. The van der Waals surface area contributed by atoms with Crippen molar-refractivity contribution in [3.05, 3.63) is 0 Å². The molecule has 0 bridgehead atoms. The molecule has 5 heteroatoms. The van der Waals surface area contributed by atoms with Crippen molar-refractivity contribution >= 4 is 0 Å². The predicted octanol–water partition coefficient (Wildman–Crippen LogP) is 4.09. The van der Waals surface area contributed by atoms with Crippen molar-refractivity contribution in [1.29, 1.82) is 0 Å². The van der Waals surface area contributed by atoms with Crippen molar-refractivity contribution in [2.24, 2.45) is 11.7 Å². The number of likely N-dealkylation sites (tertiary alicyclic amines) is 1. The minimum absolute atomic E-state index is 0.198. The average Bonchev–Trinajstić information content (AvgIpc) is 2.72. The van der Waals surface area contributed by atoms with Crippen LogP contribution >= 0.6 is 0 Å². The Balaban J connectivity index is 2.21. The van der Waals surface area contributed by atoms with Crippen LogP contribution in [0.5, 0.6) is 0 Å². The highest BCUT2D eigenvalue weighted by molar-refractivity contribution is 5.00. The molecule has 21 heavy (non-hydrogen) atoms. The summed E-state index contributed by atoms with van der Waals surface area (Å²) in [5.74, 6) is -1.17. The molecule has 0 aromatic heterocycles. The molecule has 3 unspecified atom stereocenters. The molecule has 124 valence electrons. The molecule has 2 fully saturated rings. The molecule has 0 amide bonds. The summed E-state index contributed by atoms with van der Waals surface area (Å²) in [6.07, 6.45) is 3.46. The van der Waals surface area contributed by atoms with Crippen LogP contribution in [0.3, 0.4) is 0 Å². The van der Waals surface area contributed by atoms with Crippen molar-refractivity contribution in [2.45, 2.75) is 82.5 Å². The molecule has 2 rings (SSSR count). The lowest BCUT2D eigenvalue weighted by Crippen LogP contribution is -2.60. The Morgan fingerprint density at radius 2 is 1.90 bits per heavy atom. The lowest BCUT2D eigenvalue weighted by molar-refractivity contribution is -0.195. The van der Waals surface area contributed by atoms with E-state index in [-0.39, 0.29) is 12.8 Å². The molecule has 2 N–H and O–H groups in total. The number of nitrogens with zero attached hydrogens (tertiary/aromatic N) is 1. The third-order valence-electron chi connectivity index (χ3n) is 5.62. The molecule has 0 aromatic carbocycles. The van der Waals surface area contributed by atoms with Gasteiger partial charge in [-0.15, -0.1) is 0 Å². The van der Waals surface area contributed by atoms with E-state index in [9.17, 15) is 13.2 Å². The molecule has 1 aliphatic heterocycles. The maximum Gasteiger partial charge on any atom is 0.391 e. The highest BCUT2D eigenvalue weighted by Crippen LogP contribution is 2.45. The molecule has 1 saturated carbocycles. The summed E-state index contributed by atoms with van der Waals surface area (Å²) >= 11 is 0. The molecule has 3 atom stereocenters. The van der Waals surface area contributed by atoms with Gasteiger partial charge in [-0.1, -0.05) is 26.2 Å². The van der Waals surface area contributed by atoms with Crippen LogP contribution in [0.25, 0.3) is 0 Å². The van der Waals surface area contributed by atoms with Crippen LogP contribution < -0.4 is 5.73 Å². The third-order valence-corrected chi connectivity index (χ3v) is 5.62. The normalized spacial score (nSPS) is 36.4. The molecule has 0 spiro atoms. The SMILES string of the molecule is CCC1CCCCCN1C1(CN)CCCC(C(F)(F)F)C1. The molecule has 0 aromatic rings. The van der Waals surface area contributed by atoms with Gasteiger partial charge in [0.1, 0.15) is 0 Å². The van der Waals surface area contributed by atoms with Gasteiger partial charge in [-0.2, -0.15) is 13.2 Å². The van der Waals surface area contributed by atoms with Gasteiger partial charge in [0.15, 0.2) is 0 Å². The molecular weight excluding hydrogens is 277 g/mol. The zero-order valence-corrected chi connectivity index (χ0v) is 13.1. The highest BCUT2D eigenvalue weighted by Gasteiger charge is 2.50. The summed E-state index contributed by atoms with van der Waals surface area (Å²) in [6.45, 7) is 3.42. The first kappa shape index (κ1) is 17.1. The number of alkyl halides is 3. The molecule has 1 saturated heterocycles. The number of hydrogen-bond donors (Lipinski definition) is 1. The minimum atomic E-state index is -4.07. The zero-order valence-electron chi connectivity index (χ0n) is 13.1. The quantitative estimate of drug-likeness (QED) is 0.851. The van der Waals surface area contributed by atoms with E-state index in [1.165, 1.54) is 12.8 Å². The van der Waals surface area contributed by atoms with Gasteiger partial charge in [0.2, 0.25) is 0 Å². The summed E-state index contributed by atoms with van der Waals surface area (Å²) in [7, 11) is 0. The Morgan fingerprint density at radius 3 is 2.52 bits per heavy atom. The second-order valence-corrected chi connectivity index (χ2v) is 6.87. The van der Waals surface area contributed by atoms with Gasteiger partial charge in [0, 0.05) is 18.1 Å². The first-order valence-electron chi connectivity index (χ1n) is 8.46. The Labute approximate surface area is 126 Å². The van der Waals surface area contributed by atoms with E-state index in [1.807, 2.05) is 0 Å².